The Bertz CT molecular complexity index is 1460. The van der Waals surface area contributed by atoms with E-state index in [0.717, 1.165) is 53.4 Å². The number of hydrogen-bond donors (Lipinski definition) is 1. The first-order valence-corrected chi connectivity index (χ1v) is 15.9. The van der Waals surface area contributed by atoms with Gasteiger partial charge in [-0.2, -0.15) is 0 Å². The SMILES string of the molecule is NC(=O)N1CCC(CC(=O)N2CCC(C3c4ncc(Br)cc4CCc4cc(Cl)cc(Cl)c43)CC2)C1c1ccccc1. The van der Waals surface area contributed by atoms with Gasteiger partial charge in [0.05, 0.1) is 11.7 Å². The summed E-state index contributed by atoms with van der Waals surface area (Å²) < 4.78 is 0.973. The molecule has 0 saturated carbocycles. The summed E-state index contributed by atoms with van der Waals surface area (Å²) in [7, 11) is 0. The van der Waals surface area contributed by atoms with Gasteiger partial charge in [-0.25, -0.2) is 4.79 Å². The quantitative estimate of drug-likeness (QED) is 0.324. The number of aryl methyl sites for hydroxylation is 2. The molecule has 3 aromatic rings. The minimum Gasteiger partial charge on any atom is -0.351 e. The first-order chi connectivity index (χ1) is 19.8. The lowest BCUT2D eigenvalue weighted by molar-refractivity contribution is -0.133. The number of nitrogens with zero attached hydrogens (tertiary/aromatic N) is 3. The van der Waals surface area contributed by atoms with Crippen molar-refractivity contribution in [3.05, 3.63) is 97.2 Å². The maximum Gasteiger partial charge on any atom is 0.315 e. The Morgan fingerprint density at radius 3 is 2.44 bits per heavy atom. The van der Waals surface area contributed by atoms with Crippen LogP contribution in [0.1, 0.15) is 65.6 Å². The third kappa shape index (κ3) is 5.73. The average molecular weight is 656 g/mol. The predicted octanol–water partition coefficient (Wildman–Crippen LogP) is 7.15. The highest BCUT2D eigenvalue weighted by Gasteiger charge is 2.40. The number of benzene rings is 2. The molecular weight excluding hydrogens is 623 g/mol. The van der Waals surface area contributed by atoms with Crippen molar-refractivity contribution in [2.45, 2.75) is 50.5 Å². The summed E-state index contributed by atoms with van der Waals surface area (Å²) in [5.41, 5.74) is 11.4. The molecule has 0 spiro atoms. The topological polar surface area (TPSA) is 79.5 Å². The number of rotatable bonds is 4. The maximum atomic E-state index is 13.6. The number of urea groups is 1. The summed E-state index contributed by atoms with van der Waals surface area (Å²) in [6, 6.07) is 15.4. The lowest BCUT2D eigenvalue weighted by atomic mass is 9.76. The van der Waals surface area contributed by atoms with E-state index in [1.54, 1.807) is 4.90 Å². The second-order valence-electron chi connectivity index (χ2n) is 11.5. The number of nitrogens with two attached hydrogens (primary N) is 1. The molecule has 3 heterocycles. The summed E-state index contributed by atoms with van der Waals surface area (Å²) in [5, 5.41) is 1.35. The van der Waals surface area contributed by atoms with E-state index in [-0.39, 0.29) is 23.8 Å². The van der Waals surface area contributed by atoms with Gasteiger partial charge in [0.2, 0.25) is 5.91 Å². The lowest BCUT2D eigenvalue weighted by Gasteiger charge is -2.37. The fourth-order valence-electron chi connectivity index (χ4n) is 7.29. The van der Waals surface area contributed by atoms with Crippen LogP contribution < -0.4 is 5.73 Å². The van der Waals surface area contributed by atoms with Gasteiger partial charge in [-0.15, -0.1) is 0 Å². The standard InChI is InChI=1S/C32H33BrCl2N4O2/c33-24-14-22-7-6-21-15-25(34)17-26(35)28(21)29(30(22)37-18-24)19-8-11-38(12-9-19)27(40)16-23-10-13-39(32(36)41)31(23)20-4-2-1-3-5-20/h1-5,14-15,17-19,23,29,31H,6-13,16H2,(H2,36,41). The molecule has 9 heteroatoms. The molecule has 3 aliphatic rings. The van der Waals surface area contributed by atoms with Gasteiger partial charge in [0.15, 0.2) is 0 Å². The molecule has 3 unspecified atom stereocenters. The van der Waals surface area contributed by atoms with Gasteiger partial charge < -0.3 is 15.5 Å². The molecule has 2 N–H and O–H groups in total. The number of carbonyl (C=O) groups is 2. The largest absolute Gasteiger partial charge is 0.351 e. The van der Waals surface area contributed by atoms with Gasteiger partial charge in [0, 0.05) is 52.7 Å². The molecule has 6 nitrogen and oxygen atoms in total. The van der Waals surface area contributed by atoms with Gasteiger partial charge in [-0.05, 0) is 100 Å². The number of amides is 3. The van der Waals surface area contributed by atoms with Crippen LogP contribution in [0.2, 0.25) is 10.0 Å². The minimum atomic E-state index is -0.431. The van der Waals surface area contributed by atoms with Crippen molar-refractivity contribution in [2.75, 3.05) is 19.6 Å². The molecule has 6 rings (SSSR count). The second kappa shape index (κ2) is 11.9. The van der Waals surface area contributed by atoms with Crippen LogP contribution in [-0.2, 0) is 17.6 Å². The van der Waals surface area contributed by atoms with Crippen molar-refractivity contribution in [2.24, 2.45) is 17.6 Å². The summed E-state index contributed by atoms with van der Waals surface area (Å²) in [6.07, 6.45) is 6.52. The number of carbonyl (C=O) groups excluding carboxylic acids is 2. The number of halogens is 3. The Balaban J connectivity index is 1.20. The van der Waals surface area contributed by atoms with Gasteiger partial charge >= 0.3 is 6.03 Å². The fourth-order valence-corrected chi connectivity index (χ4v) is 8.32. The van der Waals surface area contributed by atoms with Gasteiger partial charge in [-0.1, -0.05) is 53.5 Å². The molecule has 214 valence electrons. The van der Waals surface area contributed by atoms with E-state index in [2.05, 4.69) is 28.1 Å². The Morgan fingerprint density at radius 1 is 0.976 bits per heavy atom. The van der Waals surface area contributed by atoms with Gasteiger partial charge in [0.1, 0.15) is 0 Å². The van der Waals surface area contributed by atoms with E-state index >= 15 is 0 Å². The predicted molar refractivity (Wildman–Crippen MR) is 165 cm³/mol. The van der Waals surface area contributed by atoms with E-state index < -0.39 is 6.03 Å². The number of hydrogen-bond acceptors (Lipinski definition) is 3. The number of fused-ring (bicyclic) bond motifs is 2. The van der Waals surface area contributed by atoms with Crippen LogP contribution in [0.5, 0.6) is 0 Å². The monoisotopic (exact) mass is 654 g/mol. The van der Waals surface area contributed by atoms with Crippen LogP contribution in [-0.4, -0.2) is 46.4 Å². The molecule has 2 aromatic carbocycles. The van der Waals surface area contributed by atoms with Crippen molar-refractivity contribution >= 4 is 51.1 Å². The molecule has 2 aliphatic heterocycles. The van der Waals surface area contributed by atoms with Crippen LogP contribution in [0.25, 0.3) is 0 Å². The zero-order valence-corrected chi connectivity index (χ0v) is 25.8. The zero-order chi connectivity index (χ0) is 28.7. The lowest BCUT2D eigenvalue weighted by Crippen LogP contribution is -2.41. The fraction of sp³-hybridized carbons (Fsp3) is 0.406. The van der Waals surface area contributed by atoms with Crippen LogP contribution in [0.4, 0.5) is 4.79 Å². The number of pyridine rings is 1. The number of piperidine rings is 1. The van der Waals surface area contributed by atoms with Crippen molar-refractivity contribution in [3.8, 4) is 0 Å². The van der Waals surface area contributed by atoms with Crippen LogP contribution in [0, 0.1) is 11.8 Å². The van der Waals surface area contributed by atoms with E-state index in [1.165, 1.54) is 11.1 Å². The van der Waals surface area contributed by atoms with Gasteiger partial charge in [0.25, 0.3) is 0 Å². The highest BCUT2D eigenvalue weighted by atomic mass is 79.9. The Morgan fingerprint density at radius 2 is 1.71 bits per heavy atom. The van der Waals surface area contributed by atoms with Crippen molar-refractivity contribution in [3.63, 3.8) is 0 Å². The van der Waals surface area contributed by atoms with Crippen LogP contribution >= 0.6 is 39.1 Å². The Kier molecular flexibility index (Phi) is 8.30. The van der Waals surface area contributed by atoms with E-state index in [4.69, 9.17) is 33.9 Å². The minimum absolute atomic E-state index is 0.0435. The second-order valence-corrected chi connectivity index (χ2v) is 13.3. The number of likely N-dealkylation sites (tertiary alicyclic amines) is 2. The molecule has 2 saturated heterocycles. The third-order valence-corrected chi connectivity index (χ3v) is 10.1. The van der Waals surface area contributed by atoms with E-state index in [0.29, 0.717) is 42.0 Å². The molecule has 1 aromatic heterocycles. The summed E-state index contributed by atoms with van der Waals surface area (Å²) >= 11 is 16.9. The Hall–Kier alpha value is -2.61. The molecule has 2 fully saturated rings. The molecule has 0 bridgehead atoms. The molecule has 0 radical (unpaired) electrons. The highest BCUT2D eigenvalue weighted by molar-refractivity contribution is 9.10. The summed E-state index contributed by atoms with van der Waals surface area (Å²) in [5.74, 6) is 0.547. The molecule has 1 aliphatic carbocycles. The van der Waals surface area contributed by atoms with Crippen molar-refractivity contribution < 1.29 is 9.59 Å². The average Bonchev–Trinajstić information content (AvgIpc) is 3.31. The smallest absolute Gasteiger partial charge is 0.315 e. The van der Waals surface area contributed by atoms with E-state index in [1.807, 2.05) is 47.5 Å². The molecule has 3 atom stereocenters. The first kappa shape index (κ1) is 28.5. The summed E-state index contributed by atoms with van der Waals surface area (Å²) in [6.45, 7) is 1.95. The zero-order valence-electron chi connectivity index (χ0n) is 22.7. The highest BCUT2D eigenvalue weighted by Crippen LogP contribution is 2.46. The summed E-state index contributed by atoms with van der Waals surface area (Å²) in [4.78, 5) is 34.4. The van der Waals surface area contributed by atoms with Crippen molar-refractivity contribution in [1.82, 2.24) is 14.8 Å². The maximum absolute atomic E-state index is 13.6. The van der Waals surface area contributed by atoms with Gasteiger partial charge in [-0.3, -0.25) is 9.78 Å². The number of primary amides is 1. The number of aromatic nitrogens is 1. The molecule has 41 heavy (non-hydrogen) atoms. The molecular formula is C32H33BrCl2N4O2. The first-order valence-electron chi connectivity index (χ1n) is 14.3. The van der Waals surface area contributed by atoms with Crippen LogP contribution in [0.15, 0.2) is 59.2 Å². The normalized spacial score (nSPS) is 22.7. The Labute approximate surface area is 259 Å². The molecule has 3 amide bonds. The van der Waals surface area contributed by atoms with E-state index in [9.17, 15) is 9.59 Å². The van der Waals surface area contributed by atoms with Crippen LogP contribution in [0.3, 0.4) is 0 Å². The third-order valence-electron chi connectivity index (χ3n) is 9.17. The van der Waals surface area contributed by atoms with Crippen molar-refractivity contribution in [1.29, 1.82) is 0 Å².